The van der Waals surface area contributed by atoms with Crippen molar-refractivity contribution in [3.8, 4) is 0 Å². The summed E-state index contributed by atoms with van der Waals surface area (Å²) in [6.45, 7) is 1.01. The van der Waals surface area contributed by atoms with Crippen molar-refractivity contribution in [1.82, 2.24) is 14.8 Å². The SMILES string of the molecule is CN1C(=O)C(Cc2ccc3[nH]cc(CCN)c3c2)N(Cc2ccccc2)C1=O. The summed E-state index contributed by atoms with van der Waals surface area (Å²) in [4.78, 5) is 31.5. The molecule has 1 atom stereocenters. The number of aromatic amines is 1. The van der Waals surface area contributed by atoms with Gasteiger partial charge in [-0.05, 0) is 41.8 Å². The second-order valence-electron chi connectivity index (χ2n) is 7.25. The normalized spacial score (nSPS) is 17.1. The largest absolute Gasteiger partial charge is 0.361 e. The molecule has 144 valence electrons. The number of urea groups is 1. The van der Waals surface area contributed by atoms with Crippen LogP contribution in [-0.2, 0) is 24.2 Å². The van der Waals surface area contributed by atoms with Crippen LogP contribution in [0, 0.1) is 0 Å². The first-order valence-electron chi connectivity index (χ1n) is 9.49. The summed E-state index contributed by atoms with van der Waals surface area (Å²) in [6, 6.07) is 15.2. The fraction of sp³-hybridized carbons (Fsp3) is 0.273. The summed E-state index contributed by atoms with van der Waals surface area (Å²) in [5.74, 6) is -0.155. The van der Waals surface area contributed by atoms with Gasteiger partial charge in [0, 0.05) is 37.1 Å². The quantitative estimate of drug-likeness (QED) is 0.649. The highest BCUT2D eigenvalue weighted by Crippen LogP contribution is 2.25. The molecule has 0 bridgehead atoms. The first kappa shape index (κ1) is 18.3. The molecule has 1 saturated heterocycles. The molecule has 0 spiro atoms. The third-order valence-corrected chi connectivity index (χ3v) is 5.39. The Bertz CT molecular complexity index is 1010. The number of hydrogen-bond acceptors (Lipinski definition) is 3. The summed E-state index contributed by atoms with van der Waals surface area (Å²) in [7, 11) is 1.55. The first-order chi connectivity index (χ1) is 13.6. The molecule has 1 aromatic heterocycles. The highest BCUT2D eigenvalue weighted by Gasteiger charge is 2.42. The zero-order valence-electron chi connectivity index (χ0n) is 15.9. The Balaban J connectivity index is 1.62. The lowest BCUT2D eigenvalue weighted by molar-refractivity contribution is -0.127. The van der Waals surface area contributed by atoms with Gasteiger partial charge < -0.3 is 15.6 Å². The van der Waals surface area contributed by atoms with Crippen molar-refractivity contribution in [2.75, 3.05) is 13.6 Å². The van der Waals surface area contributed by atoms with Crippen molar-refractivity contribution < 1.29 is 9.59 Å². The molecule has 0 radical (unpaired) electrons. The van der Waals surface area contributed by atoms with E-state index in [0.29, 0.717) is 19.5 Å². The Morgan fingerprint density at radius 1 is 1.07 bits per heavy atom. The van der Waals surface area contributed by atoms with Crippen LogP contribution in [0.4, 0.5) is 4.79 Å². The number of benzene rings is 2. The molecule has 3 aromatic rings. The van der Waals surface area contributed by atoms with Crippen LogP contribution in [0.3, 0.4) is 0 Å². The van der Waals surface area contributed by atoms with Gasteiger partial charge in [0.2, 0.25) is 0 Å². The predicted molar refractivity (Wildman–Crippen MR) is 109 cm³/mol. The molecule has 3 amide bonds. The molecule has 4 rings (SSSR count). The zero-order valence-corrected chi connectivity index (χ0v) is 15.9. The summed E-state index contributed by atoms with van der Waals surface area (Å²) in [5.41, 5.74) is 9.98. The maximum Gasteiger partial charge on any atom is 0.327 e. The van der Waals surface area contributed by atoms with Gasteiger partial charge in [-0.3, -0.25) is 9.69 Å². The number of nitrogens with one attached hydrogen (secondary N) is 1. The molecule has 0 saturated carbocycles. The van der Waals surface area contributed by atoms with Gasteiger partial charge >= 0.3 is 6.03 Å². The number of aromatic nitrogens is 1. The van der Waals surface area contributed by atoms with Crippen molar-refractivity contribution in [2.45, 2.75) is 25.4 Å². The zero-order chi connectivity index (χ0) is 19.7. The number of nitrogens with zero attached hydrogens (tertiary/aromatic N) is 2. The molecule has 6 nitrogen and oxygen atoms in total. The number of nitrogens with two attached hydrogens (primary N) is 1. The smallest absolute Gasteiger partial charge is 0.327 e. The summed E-state index contributed by atoms with van der Waals surface area (Å²) < 4.78 is 0. The molecule has 28 heavy (non-hydrogen) atoms. The number of carbonyl (C=O) groups is 2. The third kappa shape index (κ3) is 3.27. The van der Waals surface area contributed by atoms with Gasteiger partial charge in [-0.15, -0.1) is 0 Å². The van der Waals surface area contributed by atoms with Gasteiger partial charge in [-0.2, -0.15) is 0 Å². The van der Waals surface area contributed by atoms with E-state index in [0.717, 1.165) is 28.5 Å². The Hall–Kier alpha value is -3.12. The summed E-state index contributed by atoms with van der Waals surface area (Å²) in [5, 5.41) is 1.13. The molecular formula is C22H24N4O2. The second-order valence-corrected chi connectivity index (χ2v) is 7.25. The first-order valence-corrected chi connectivity index (χ1v) is 9.49. The average molecular weight is 376 g/mol. The van der Waals surface area contributed by atoms with Crippen LogP contribution in [0.15, 0.2) is 54.7 Å². The topological polar surface area (TPSA) is 82.4 Å². The Labute approximate surface area is 163 Å². The van der Waals surface area contributed by atoms with E-state index in [-0.39, 0.29) is 11.9 Å². The van der Waals surface area contributed by atoms with Gasteiger partial charge in [0.05, 0.1) is 0 Å². The maximum absolute atomic E-state index is 12.7. The number of amides is 3. The lowest BCUT2D eigenvalue weighted by atomic mass is 10.0. The van der Waals surface area contributed by atoms with Gasteiger partial charge in [0.25, 0.3) is 5.91 Å². The predicted octanol–water partition coefficient (Wildman–Crippen LogP) is 2.67. The molecule has 2 heterocycles. The van der Waals surface area contributed by atoms with Crippen molar-refractivity contribution in [3.63, 3.8) is 0 Å². The highest BCUT2D eigenvalue weighted by atomic mass is 16.2. The van der Waals surface area contributed by atoms with E-state index >= 15 is 0 Å². The minimum absolute atomic E-state index is 0.155. The van der Waals surface area contributed by atoms with Crippen molar-refractivity contribution >= 4 is 22.8 Å². The fourth-order valence-corrected chi connectivity index (χ4v) is 3.87. The van der Waals surface area contributed by atoms with Gasteiger partial charge in [-0.25, -0.2) is 4.79 Å². The van der Waals surface area contributed by atoms with Crippen LogP contribution < -0.4 is 5.73 Å². The van der Waals surface area contributed by atoms with E-state index in [2.05, 4.69) is 11.1 Å². The van der Waals surface area contributed by atoms with Crippen LogP contribution in [0.25, 0.3) is 10.9 Å². The van der Waals surface area contributed by atoms with E-state index in [1.165, 1.54) is 10.5 Å². The molecule has 1 aliphatic heterocycles. The minimum atomic E-state index is -0.493. The number of fused-ring (bicyclic) bond motifs is 1. The molecule has 1 unspecified atom stereocenters. The molecule has 3 N–H and O–H groups in total. The number of H-pyrrole nitrogens is 1. The highest BCUT2D eigenvalue weighted by molar-refractivity contribution is 6.04. The van der Waals surface area contributed by atoms with Crippen LogP contribution in [0.5, 0.6) is 0 Å². The van der Waals surface area contributed by atoms with E-state index in [4.69, 9.17) is 5.73 Å². The molecular weight excluding hydrogens is 352 g/mol. The average Bonchev–Trinajstić information content (AvgIpc) is 3.19. The Kier molecular flexibility index (Phi) is 4.88. The van der Waals surface area contributed by atoms with Crippen LogP contribution in [0.1, 0.15) is 16.7 Å². The van der Waals surface area contributed by atoms with E-state index in [1.807, 2.05) is 48.7 Å². The van der Waals surface area contributed by atoms with E-state index < -0.39 is 6.04 Å². The summed E-state index contributed by atoms with van der Waals surface area (Å²) in [6.07, 6.45) is 3.28. The number of hydrogen-bond donors (Lipinski definition) is 2. The molecule has 0 aliphatic carbocycles. The van der Waals surface area contributed by atoms with Gasteiger partial charge in [-0.1, -0.05) is 36.4 Å². The number of carbonyl (C=O) groups excluding carboxylic acids is 2. The monoisotopic (exact) mass is 376 g/mol. The minimum Gasteiger partial charge on any atom is -0.361 e. The molecule has 2 aromatic carbocycles. The second kappa shape index (κ2) is 7.48. The molecule has 6 heteroatoms. The van der Waals surface area contributed by atoms with E-state index in [1.54, 1.807) is 11.9 Å². The van der Waals surface area contributed by atoms with Crippen molar-refractivity contribution in [3.05, 3.63) is 71.4 Å². The lowest BCUT2D eigenvalue weighted by Gasteiger charge is -2.22. The molecule has 1 aliphatic rings. The van der Waals surface area contributed by atoms with Crippen molar-refractivity contribution in [2.24, 2.45) is 5.73 Å². The van der Waals surface area contributed by atoms with Crippen molar-refractivity contribution in [1.29, 1.82) is 0 Å². The fourth-order valence-electron chi connectivity index (χ4n) is 3.87. The van der Waals surface area contributed by atoms with Gasteiger partial charge in [0.15, 0.2) is 0 Å². The Morgan fingerprint density at radius 2 is 1.86 bits per heavy atom. The Morgan fingerprint density at radius 3 is 2.61 bits per heavy atom. The number of rotatable bonds is 6. The van der Waals surface area contributed by atoms with Gasteiger partial charge in [0.1, 0.15) is 6.04 Å². The molecule has 1 fully saturated rings. The number of likely N-dealkylation sites (N-methyl/N-ethyl adjacent to an activating group) is 1. The standard InChI is InChI=1S/C22H24N4O2/c1-25-21(27)20(26(22(25)28)14-15-5-3-2-4-6-15)12-16-7-8-19-18(11-16)17(9-10-23)13-24-19/h2-8,11,13,20,24H,9-10,12,14,23H2,1H3. The maximum atomic E-state index is 12.7. The van der Waals surface area contributed by atoms with Crippen LogP contribution >= 0.6 is 0 Å². The lowest BCUT2D eigenvalue weighted by Crippen LogP contribution is -2.36. The summed E-state index contributed by atoms with van der Waals surface area (Å²) >= 11 is 0. The van der Waals surface area contributed by atoms with Crippen LogP contribution in [0.2, 0.25) is 0 Å². The van der Waals surface area contributed by atoms with Crippen LogP contribution in [-0.4, -0.2) is 46.4 Å². The number of imide groups is 1. The van der Waals surface area contributed by atoms with E-state index in [9.17, 15) is 9.59 Å². The third-order valence-electron chi connectivity index (χ3n) is 5.39.